The van der Waals surface area contributed by atoms with Gasteiger partial charge < -0.3 is 4.98 Å². The summed E-state index contributed by atoms with van der Waals surface area (Å²) in [6.45, 7) is 0. The molecular weight excluding hydrogens is 365 g/mol. The van der Waals surface area contributed by atoms with E-state index in [0.717, 1.165) is 27.6 Å². The van der Waals surface area contributed by atoms with Gasteiger partial charge in [0.1, 0.15) is 0 Å². The number of nitrogens with zero attached hydrogens (tertiary/aromatic N) is 1. The summed E-state index contributed by atoms with van der Waals surface area (Å²) in [5, 5.41) is 0. The van der Waals surface area contributed by atoms with Gasteiger partial charge in [-0.25, -0.2) is 0 Å². The van der Waals surface area contributed by atoms with E-state index in [4.69, 9.17) is 12.2 Å². The number of alkyl halides is 3. The Morgan fingerprint density at radius 2 is 1.71 bits per heavy atom. The Bertz CT molecular complexity index is 863. The topological polar surface area (TPSA) is 20.7 Å². The second kappa shape index (κ2) is 4.99. The smallest absolute Gasteiger partial charge is 0.330 e. The lowest BCUT2D eigenvalue weighted by molar-refractivity contribution is -0.137. The lowest BCUT2D eigenvalue weighted by Crippen LogP contribution is -2.05. The Labute approximate surface area is 131 Å². The number of aromatic amines is 1. The molecule has 0 saturated carbocycles. The van der Waals surface area contributed by atoms with Crippen LogP contribution in [-0.2, 0) is 6.18 Å². The van der Waals surface area contributed by atoms with Crippen molar-refractivity contribution in [3.63, 3.8) is 0 Å². The van der Waals surface area contributed by atoms with Crippen LogP contribution in [0.3, 0.4) is 0 Å². The molecule has 0 amide bonds. The minimum absolute atomic E-state index is 0.433. The summed E-state index contributed by atoms with van der Waals surface area (Å²) in [4.78, 5) is 3.04. The maximum atomic E-state index is 12.6. The van der Waals surface area contributed by atoms with Crippen LogP contribution in [0.2, 0.25) is 0 Å². The van der Waals surface area contributed by atoms with Gasteiger partial charge in [-0.15, -0.1) is 0 Å². The third kappa shape index (κ3) is 2.63. The number of halogens is 4. The van der Waals surface area contributed by atoms with E-state index in [1.54, 1.807) is 4.57 Å². The highest BCUT2D eigenvalue weighted by molar-refractivity contribution is 9.10. The molecule has 2 nitrogen and oxygen atoms in total. The van der Waals surface area contributed by atoms with Gasteiger partial charge in [-0.05, 0) is 54.7 Å². The fourth-order valence-electron chi connectivity index (χ4n) is 2.14. The zero-order valence-corrected chi connectivity index (χ0v) is 12.8. The Kier molecular flexibility index (Phi) is 3.41. The van der Waals surface area contributed by atoms with Crippen LogP contribution in [0, 0.1) is 4.77 Å². The van der Waals surface area contributed by atoms with Gasteiger partial charge in [0.25, 0.3) is 0 Å². The normalized spacial score (nSPS) is 12.0. The summed E-state index contributed by atoms with van der Waals surface area (Å²) in [7, 11) is 0. The first kappa shape index (κ1) is 14.3. The van der Waals surface area contributed by atoms with Gasteiger partial charge in [0, 0.05) is 10.2 Å². The highest BCUT2D eigenvalue weighted by Crippen LogP contribution is 2.30. The zero-order valence-electron chi connectivity index (χ0n) is 10.4. The van der Waals surface area contributed by atoms with Crippen molar-refractivity contribution in [3.8, 4) is 5.69 Å². The first-order chi connectivity index (χ1) is 9.86. The number of benzene rings is 2. The van der Waals surface area contributed by atoms with Crippen LogP contribution in [-0.4, -0.2) is 9.55 Å². The molecule has 0 bridgehead atoms. The standard InChI is InChI=1S/C14H8BrF3N2S/c15-9-3-6-12-11(7-9)19-13(21)20(12)10-4-1-8(2-5-10)14(16,17)18/h1-7H,(H,19,21). The molecule has 21 heavy (non-hydrogen) atoms. The summed E-state index contributed by atoms with van der Waals surface area (Å²) >= 11 is 8.62. The predicted molar refractivity (Wildman–Crippen MR) is 81.2 cm³/mol. The van der Waals surface area contributed by atoms with Gasteiger partial charge in [-0.3, -0.25) is 4.57 Å². The Morgan fingerprint density at radius 1 is 1.05 bits per heavy atom. The van der Waals surface area contributed by atoms with Gasteiger partial charge >= 0.3 is 6.18 Å². The number of aromatic nitrogens is 2. The minimum Gasteiger partial charge on any atom is -0.330 e. The maximum absolute atomic E-state index is 12.6. The first-order valence-corrected chi connectivity index (χ1v) is 7.14. The maximum Gasteiger partial charge on any atom is 0.416 e. The zero-order chi connectivity index (χ0) is 15.2. The molecule has 0 spiro atoms. The Hall–Kier alpha value is -1.60. The summed E-state index contributed by atoms with van der Waals surface area (Å²) in [5.41, 5.74) is 1.53. The molecule has 1 heterocycles. The van der Waals surface area contributed by atoms with E-state index in [1.807, 2.05) is 18.2 Å². The van der Waals surface area contributed by atoms with Crippen molar-refractivity contribution in [3.05, 3.63) is 57.3 Å². The second-order valence-electron chi connectivity index (χ2n) is 4.47. The lowest BCUT2D eigenvalue weighted by Gasteiger charge is -2.09. The molecule has 0 saturated heterocycles. The van der Waals surface area contributed by atoms with E-state index in [0.29, 0.717) is 10.5 Å². The lowest BCUT2D eigenvalue weighted by atomic mass is 10.2. The molecule has 0 atom stereocenters. The van der Waals surface area contributed by atoms with Crippen LogP contribution in [0.4, 0.5) is 13.2 Å². The molecule has 2 aromatic carbocycles. The monoisotopic (exact) mass is 372 g/mol. The van der Waals surface area contributed by atoms with E-state index < -0.39 is 11.7 Å². The summed E-state index contributed by atoms with van der Waals surface area (Å²) in [6.07, 6.45) is -4.34. The third-order valence-electron chi connectivity index (χ3n) is 3.10. The molecule has 0 unspecified atom stereocenters. The van der Waals surface area contributed by atoms with E-state index in [9.17, 15) is 13.2 Å². The van der Waals surface area contributed by atoms with Crippen molar-refractivity contribution in [1.29, 1.82) is 0 Å². The van der Waals surface area contributed by atoms with Crippen molar-refractivity contribution in [1.82, 2.24) is 9.55 Å². The molecule has 0 aliphatic carbocycles. The molecule has 7 heteroatoms. The third-order valence-corrected chi connectivity index (χ3v) is 3.87. The highest BCUT2D eigenvalue weighted by atomic mass is 79.9. The van der Waals surface area contributed by atoms with Crippen LogP contribution in [0.1, 0.15) is 5.56 Å². The minimum atomic E-state index is -4.34. The molecule has 0 aliphatic heterocycles. The average Bonchev–Trinajstić information content (AvgIpc) is 2.73. The fraction of sp³-hybridized carbons (Fsp3) is 0.0714. The summed E-state index contributed by atoms with van der Waals surface area (Å²) in [5.74, 6) is 0. The molecule has 108 valence electrons. The van der Waals surface area contributed by atoms with Crippen LogP contribution in [0.25, 0.3) is 16.7 Å². The largest absolute Gasteiger partial charge is 0.416 e. The molecule has 0 radical (unpaired) electrons. The Balaban J connectivity index is 2.17. The van der Waals surface area contributed by atoms with Gasteiger partial charge in [-0.2, -0.15) is 13.2 Å². The van der Waals surface area contributed by atoms with Crippen LogP contribution < -0.4 is 0 Å². The number of hydrogen-bond donors (Lipinski definition) is 1. The van der Waals surface area contributed by atoms with E-state index in [1.165, 1.54) is 12.1 Å². The average molecular weight is 373 g/mol. The molecule has 1 aromatic heterocycles. The quantitative estimate of drug-likeness (QED) is 0.561. The predicted octanol–water partition coefficient (Wildman–Crippen LogP) is 5.47. The molecule has 3 rings (SSSR count). The molecule has 0 fully saturated rings. The number of imidazole rings is 1. The first-order valence-electron chi connectivity index (χ1n) is 5.94. The van der Waals surface area contributed by atoms with Crippen LogP contribution in [0.5, 0.6) is 0 Å². The van der Waals surface area contributed by atoms with Crippen LogP contribution in [0.15, 0.2) is 46.9 Å². The highest BCUT2D eigenvalue weighted by Gasteiger charge is 2.30. The number of nitrogens with one attached hydrogen (secondary N) is 1. The van der Waals surface area contributed by atoms with Crippen molar-refractivity contribution in [2.45, 2.75) is 6.18 Å². The van der Waals surface area contributed by atoms with Crippen molar-refractivity contribution in [2.24, 2.45) is 0 Å². The molecule has 3 aromatic rings. The number of H-pyrrole nitrogens is 1. The SMILES string of the molecule is FC(F)(F)c1ccc(-n2c(=S)[nH]c3cc(Br)ccc32)cc1. The van der Waals surface area contributed by atoms with Crippen molar-refractivity contribution in [2.75, 3.05) is 0 Å². The Morgan fingerprint density at radius 3 is 2.33 bits per heavy atom. The van der Waals surface area contributed by atoms with E-state index in [2.05, 4.69) is 20.9 Å². The number of fused-ring (bicyclic) bond motifs is 1. The van der Waals surface area contributed by atoms with E-state index in [-0.39, 0.29) is 0 Å². The molecule has 0 aliphatic rings. The van der Waals surface area contributed by atoms with Gasteiger partial charge in [0.15, 0.2) is 4.77 Å². The number of hydrogen-bond acceptors (Lipinski definition) is 1. The molecular formula is C14H8BrF3N2S. The van der Waals surface area contributed by atoms with Gasteiger partial charge in [-0.1, -0.05) is 15.9 Å². The van der Waals surface area contributed by atoms with Crippen LogP contribution >= 0.6 is 28.1 Å². The van der Waals surface area contributed by atoms with Crippen molar-refractivity contribution >= 4 is 39.2 Å². The second-order valence-corrected chi connectivity index (χ2v) is 5.77. The molecule has 1 N–H and O–H groups in total. The van der Waals surface area contributed by atoms with Gasteiger partial charge in [0.05, 0.1) is 16.6 Å². The number of rotatable bonds is 1. The van der Waals surface area contributed by atoms with E-state index >= 15 is 0 Å². The summed E-state index contributed by atoms with van der Waals surface area (Å²) in [6, 6.07) is 10.5. The van der Waals surface area contributed by atoms with Crippen molar-refractivity contribution < 1.29 is 13.2 Å². The fourth-order valence-corrected chi connectivity index (χ4v) is 2.81. The summed E-state index contributed by atoms with van der Waals surface area (Å²) < 4.78 is 40.8. The van der Waals surface area contributed by atoms with Gasteiger partial charge in [0.2, 0.25) is 0 Å².